The fourth-order valence-corrected chi connectivity index (χ4v) is 6.67. The first kappa shape index (κ1) is 22.5. The molecule has 1 fully saturated rings. The molecule has 0 unspecified atom stereocenters. The molecule has 3 aliphatic rings. The molecule has 0 radical (unpaired) electrons. The number of rotatable bonds is 4. The van der Waals surface area contributed by atoms with Gasteiger partial charge in [0.25, 0.3) is 5.91 Å². The van der Waals surface area contributed by atoms with Crippen molar-refractivity contribution in [2.45, 2.75) is 64.7 Å². The number of ether oxygens (including phenoxy) is 2. The van der Waals surface area contributed by atoms with Gasteiger partial charge in [0.05, 0.1) is 16.8 Å². The third-order valence-corrected chi connectivity index (χ3v) is 9.19. The molecule has 1 aromatic carbocycles. The Kier molecular flexibility index (Phi) is 5.32. The molecule has 1 aliphatic carbocycles. The van der Waals surface area contributed by atoms with Gasteiger partial charge < -0.3 is 24.3 Å². The van der Waals surface area contributed by atoms with E-state index >= 15 is 0 Å². The maximum atomic E-state index is 14.0. The molecule has 0 spiro atoms. The first-order valence-electron chi connectivity index (χ1n) is 12.4. The second kappa shape index (κ2) is 8.29. The average Bonchev–Trinajstić information content (AvgIpc) is 3.56. The van der Waals surface area contributed by atoms with Crippen molar-refractivity contribution in [3.8, 4) is 11.5 Å². The van der Waals surface area contributed by atoms with Gasteiger partial charge in [-0.3, -0.25) is 9.59 Å². The molecular weight excluding hydrogens is 462 g/mol. The number of nitrogens with one attached hydrogen (secondary N) is 1. The quantitative estimate of drug-likeness (QED) is 0.567. The third kappa shape index (κ3) is 3.61. The Morgan fingerprint density at radius 3 is 2.86 bits per heavy atom. The zero-order valence-corrected chi connectivity index (χ0v) is 21.2. The van der Waals surface area contributed by atoms with Crippen molar-refractivity contribution in [2.75, 3.05) is 6.79 Å². The summed E-state index contributed by atoms with van der Waals surface area (Å²) in [6.45, 7) is 7.33. The van der Waals surface area contributed by atoms with Crippen LogP contribution in [0.3, 0.4) is 0 Å². The second-order valence-corrected chi connectivity index (χ2v) is 11.4. The van der Waals surface area contributed by atoms with E-state index in [-0.39, 0.29) is 24.6 Å². The number of hydrogen-bond donors (Lipinski definition) is 1. The molecular formula is C27H31N3O4S. The number of amides is 2. The van der Waals surface area contributed by atoms with E-state index in [1.54, 1.807) is 16.2 Å². The van der Waals surface area contributed by atoms with E-state index in [0.29, 0.717) is 42.1 Å². The molecule has 7 nitrogen and oxygen atoms in total. The van der Waals surface area contributed by atoms with E-state index in [2.05, 4.69) is 19.2 Å². The van der Waals surface area contributed by atoms with E-state index in [4.69, 9.17) is 9.47 Å². The van der Waals surface area contributed by atoms with E-state index in [9.17, 15) is 9.59 Å². The van der Waals surface area contributed by atoms with Crippen LogP contribution < -0.4 is 14.8 Å². The molecule has 4 heterocycles. The zero-order chi connectivity index (χ0) is 24.3. The highest BCUT2D eigenvalue weighted by molar-refractivity contribution is 7.17. The van der Waals surface area contributed by atoms with E-state index in [1.165, 1.54) is 6.42 Å². The molecule has 1 N–H and O–H groups in total. The monoisotopic (exact) mass is 493 g/mol. The maximum Gasteiger partial charge on any atom is 0.271 e. The zero-order valence-electron chi connectivity index (χ0n) is 20.4. The van der Waals surface area contributed by atoms with Gasteiger partial charge in [0.1, 0.15) is 11.2 Å². The summed E-state index contributed by atoms with van der Waals surface area (Å²) >= 11 is 1.62. The van der Waals surface area contributed by atoms with Crippen LogP contribution in [0, 0.1) is 11.8 Å². The van der Waals surface area contributed by atoms with Crippen molar-refractivity contribution in [1.29, 1.82) is 0 Å². The number of carbonyl (C=O) groups is 2. The predicted octanol–water partition coefficient (Wildman–Crippen LogP) is 4.79. The molecule has 184 valence electrons. The van der Waals surface area contributed by atoms with Crippen LogP contribution in [0.2, 0.25) is 0 Å². The molecule has 6 rings (SSSR count). The Hall–Kier alpha value is -3.00. The summed E-state index contributed by atoms with van der Waals surface area (Å²) in [5.74, 6) is 2.14. The lowest BCUT2D eigenvalue weighted by Gasteiger charge is -2.45. The topological polar surface area (TPSA) is 72.8 Å². The molecule has 1 saturated carbocycles. The number of thiophene rings is 1. The number of aromatic nitrogens is 1. The molecule has 0 bridgehead atoms. The van der Waals surface area contributed by atoms with Gasteiger partial charge in [-0.1, -0.05) is 32.8 Å². The van der Waals surface area contributed by atoms with Crippen LogP contribution in [0.25, 0.3) is 10.2 Å². The van der Waals surface area contributed by atoms with Gasteiger partial charge in [-0.05, 0) is 60.4 Å². The fourth-order valence-electron chi connectivity index (χ4n) is 5.85. The van der Waals surface area contributed by atoms with Gasteiger partial charge in [-0.2, -0.15) is 0 Å². The molecule has 8 heteroatoms. The molecule has 0 saturated heterocycles. The van der Waals surface area contributed by atoms with E-state index in [1.807, 2.05) is 47.2 Å². The minimum absolute atomic E-state index is 0.0831. The minimum atomic E-state index is -1.03. The van der Waals surface area contributed by atoms with Gasteiger partial charge >= 0.3 is 0 Å². The molecule has 2 amide bonds. The summed E-state index contributed by atoms with van der Waals surface area (Å²) in [5, 5.41) is 5.40. The van der Waals surface area contributed by atoms with Crippen LogP contribution in [0.4, 0.5) is 0 Å². The normalized spacial score (nSPS) is 27.8. The highest BCUT2D eigenvalue weighted by atomic mass is 32.1. The van der Waals surface area contributed by atoms with Crippen LogP contribution >= 0.6 is 11.3 Å². The second-order valence-electron chi connectivity index (χ2n) is 10.5. The molecule has 4 atom stereocenters. The third-order valence-electron chi connectivity index (χ3n) is 8.34. The van der Waals surface area contributed by atoms with Crippen molar-refractivity contribution >= 4 is 33.4 Å². The van der Waals surface area contributed by atoms with Gasteiger partial charge in [-0.25, -0.2) is 0 Å². The van der Waals surface area contributed by atoms with Gasteiger partial charge in [0.15, 0.2) is 11.5 Å². The van der Waals surface area contributed by atoms with Crippen molar-refractivity contribution in [1.82, 2.24) is 14.8 Å². The number of hydrogen-bond acceptors (Lipinski definition) is 5. The summed E-state index contributed by atoms with van der Waals surface area (Å²) in [5.41, 5.74) is 1.52. The summed E-state index contributed by atoms with van der Waals surface area (Å²) < 4.78 is 14.1. The van der Waals surface area contributed by atoms with Gasteiger partial charge in [-0.15, -0.1) is 11.3 Å². The number of carbonyl (C=O) groups excluding carboxylic acids is 2. The SMILES string of the molecule is C[C@@H]1[C@H](C)CCC[C@@H]1NC(=O)[C@@]1(C)Cn2c(cc3sccc32)C(=O)N1Cc1ccc2c(c1)OCO2. The number of nitrogens with zero attached hydrogens (tertiary/aromatic N) is 2. The highest BCUT2D eigenvalue weighted by Gasteiger charge is 2.48. The number of benzene rings is 1. The molecule has 2 aromatic heterocycles. The van der Waals surface area contributed by atoms with Gasteiger partial charge in [0, 0.05) is 12.6 Å². The lowest BCUT2D eigenvalue weighted by Crippen LogP contribution is -2.65. The Labute approximate surface area is 209 Å². The van der Waals surface area contributed by atoms with Crippen LogP contribution in [-0.2, 0) is 17.9 Å². The molecule has 2 aliphatic heterocycles. The van der Waals surface area contributed by atoms with Crippen LogP contribution in [0.1, 0.15) is 56.1 Å². The van der Waals surface area contributed by atoms with E-state index < -0.39 is 5.54 Å². The van der Waals surface area contributed by atoms with Crippen molar-refractivity contribution in [2.24, 2.45) is 11.8 Å². The van der Waals surface area contributed by atoms with Crippen molar-refractivity contribution < 1.29 is 19.1 Å². The Morgan fingerprint density at radius 2 is 2.00 bits per heavy atom. The Bertz CT molecular complexity index is 1310. The summed E-state index contributed by atoms with van der Waals surface area (Å²) in [6, 6.07) is 9.83. The maximum absolute atomic E-state index is 14.0. The lowest BCUT2D eigenvalue weighted by atomic mass is 9.77. The van der Waals surface area contributed by atoms with Crippen LogP contribution in [0.15, 0.2) is 35.7 Å². The largest absolute Gasteiger partial charge is 0.454 e. The standard InChI is InChI=1S/C27H31N3O4S/c1-16-5-4-6-19(17(16)2)28-26(32)27(3)14-29-20-9-10-35-24(20)12-21(29)25(31)30(27)13-18-7-8-22-23(11-18)34-15-33-22/h7-12,16-17,19H,4-6,13-15H2,1-3H3,(H,28,32)/t16-,17-,19+,27-/m1/s1. The molecule has 35 heavy (non-hydrogen) atoms. The van der Waals surface area contributed by atoms with Crippen LogP contribution in [0.5, 0.6) is 11.5 Å². The van der Waals surface area contributed by atoms with Crippen LogP contribution in [-0.4, -0.2) is 39.7 Å². The van der Waals surface area contributed by atoms with Crippen molar-refractivity contribution in [3.05, 3.63) is 47.0 Å². The fraction of sp³-hybridized carbons (Fsp3) is 0.481. The van der Waals surface area contributed by atoms with Crippen molar-refractivity contribution in [3.63, 3.8) is 0 Å². The highest BCUT2D eigenvalue weighted by Crippen LogP contribution is 2.38. The summed E-state index contributed by atoms with van der Waals surface area (Å²) in [6.07, 6.45) is 3.29. The molecule has 3 aromatic rings. The first-order valence-corrected chi connectivity index (χ1v) is 13.3. The van der Waals surface area contributed by atoms with Gasteiger partial charge in [0.2, 0.25) is 12.7 Å². The summed E-state index contributed by atoms with van der Waals surface area (Å²) in [7, 11) is 0. The Morgan fingerprint density at radius 1 is 1.17 bits per heavy atom. The lowest BCUT2D eigenvalue weighted by molar-refractivity contribution is -0.134. The summed E-state index contributed by atoms with van der Waals surface area (Å²) in [4.78, 5) is 29.7. The number of fused-ring (bicyclic) bond motifs is 4. The predicted molar refractivity (Wildman–Crippen MR) is 135 cm³/mol. The van der Waals surface area contributed by atoms with E-state index in [0.717, 1.165) is 28.6 Å². The average molecular weight is 494 g/mol. The minimum Gasteiger partial charge on any atom is -0.454 e. The smallest absolute Gasteiger partial charge is 0.271 e. The first-order chi connectivity index (χ1) is 16.8. The Balaban J connectivity index is 1.37.